The molecule has 3 rings (SSSR count). The predicted octanol–water partition coefficient (Wildman–Crippen LogP) is 1.61. The van der Waals surface area contributed by atoms with Gasteiger partial charge in [-0.3, -0.25) is 0 Å². The van der Waals surface area contributed by atoms with Crippen molar-refractivity contribution in [1.82, 2.24) is 14.5 Å². The molecule has 7 nitrogen and oxygen atoms in total. The lowest BCUT2D eigenvalue weighted by Gasteiger charge is -2.17. The Kier molecular flexibility index (Phi) is 5.14. The second kappa shape index (κ2) is 7.32. The third-order valence-electron chi connectivity index (χ3n) is 3.85. The molecule has 1 saturated heterocycles. The van der Waals surface area contributed by atoms with E-state index in [-0.39, 0.29) is 18.4 Å². The van der Waals surface area contributed by atoms with E-state index < -0.39 is 15.8 Å². The number of hydrogen-bond acceptors (Lipinski definition) is 6. The Morgan fingerprint density at radius 1 is 1.24 bits per heavy atom. The van der Waals surface area contributed by atoms with Gasteiger partial charge in [-0.15, -0.1) is 10.2 Å². The maximum Gasteiger partial charge on any atom is 0.233 e. The summed E-state index contributed by atoms with van der Waals surface area (Å²) in [5.74, 6) is 0.00136. The van der Waals surface area contributed by atoms with Crippen LogP contribution in [0.25, 0.3) is 0 Å². The summed E-state index contributed by atoms with van der Waals surface area (Å²) in [6.07, 6.45) is 0.251. The van der Waals surface area contributed by atoms with Crippen LogP contribution in [0.2, 0.25) is 0 Å². The standard InChI is InChI=1S/C16H18FN3O4S/c1-23-15-5-6-16(19-18-15)24-14-7-8-20(10-14)25(21,22)11-12-3-2-4-13(17)9-12/h2-6,9,14H,7-8,10-11H2,1H3. The van der Waals surface area contributed by atoms with E-state index in [0.29, 0.717) is 30.3 Å². The van der Waals surface area contributed by atoms with Crippen LogP contribution in [0.1, 0.15) is 12.0 Å². The van der Waals surface area contributed by atoms with Gasteiger partial charge in [0.25, 0.3) is 0 Å². The predicted molar refractivity (Wildman–Crippen MR) is 88.2 cm³/mol. The highest BCUT2D eigenvalue weighted by Gasteiger charge is 2.32. The van der Waals surface area contributed by atoms with E-state index in [0.717, 1.165) is 0 Å². The molecule has 2 aromatic rings. The molecule has 1 aromatic carbocycles. The second-order valence-corrected chi connectivity index (χ2v) is 7.66. The van der Waals surface area contributed by atoms with Gasteiger partial charge in [-0.2, -0.15) is 4.31 Å². The Morgan fingerprint density at radius 3 is 2.68 bits per heavy atom. The Labute approximate surface area is 145 Å². The molecule has 1 aliphatic rings. The first-order chi connectivity index (χ1) is 12.0. The summed E-state index contributed by atoms with van der Waals surface area (Å²) in [5, 5.41) is 7.68. The fourth-order valence-corrected chi connectivity index (χ4v) is 4.19. The Morgan fingerprint density at radius 2 is 2.00 bits per heavy atom. The molecule has 0 aliphatic carbocycles. The van der Waals surface area contributed by atoms with E-state index >= 15 is 0 Å². The molecule has 0 amide bonds. The van der Waals surface area contributed by atoms with Gasteiger partial charge in [-0.05, 0) is 24.1 Å². The Balaban J connectivity index is 1.61. The summed E-state index contributed by atoms with van der Waals surface area (Å²) < 4.78 is 50.2. The fraction of sp³-hybridized carbons (Fsp3) is 0.375. The number of methoxy groups -OCH3 is 1. The summed E-state index contributed by atoms with van der Waals surface area (Å²) in [4.78, 5) is 0. The maximum atomic E-state index is 13.2. The minimum atomic E-state index is -3.54. The van der Waals surface area contributed by atoms with E-state index in [1.54, 1.807) is 18.2 Å². The van der Waals surface area contributed by atoms with Gasteiger partial charge in [-0.25, -0.2) is 12.8 Å². The zero-order valence-corrected chi connectivity index (χ0v) is 14.4. The first kappa shape index (κ1) is 17.6. The third-order valence-corrected chi connectivity index (χ3v) is 5.67. The molecule has 0 bridgehead atoms. The van der Waals surface area contributed by atoms with Gasteiger partial charge in [0.05, 0.1) is 19.4 Å². The lowest BCUT2D eigenvalue weighted by atomic mass is 10.2. The van der Waals surface area contributed by atoms with Crippen LogP contribution < -0.4 is 9.47 Å². The smallest absolute Gasteiger partial charge is 0.233 e. The molecule has 134 valence electrons. The average molecular weight is 367 g/mol. The van der Waals surface area contributed by atoms with Crippen molar-refractivity contribution in [2.24, 2.45) is 0 Å². The van der Waals surface area contributed by atoms with Gasteiger partial charge in [0.1, 0.15) is 11.9 Å². The normalized spacial score (nSPS) is 18.2. The summed E-state index contributed by atoms with van der Waals surface area (Å²) in [6, 6.07) is 8.85. The number of halogens is 1. The molecule has 25 heavy (non-hydrogen) atoms. The number of nitrogens with zero attached hydrogens (tertiary/aromatic N) is 3. The third kappa shape index (κ3) is 4.43. The Bertz CT molecular complexity index is 830. The van der Waals surface area contributed by atoms with Crippen LogP contribution in [0.15, 0.2) is 36.4 Å². The molecule has 1 fully saturated rings. The molecular formula is C16H18FN3O4S. The van der Waals surface area contributed by atoms with E-state index in [2.05, 4.69) is 10.2 Å². The van der Waals surface area contributed by atoms with Crippen LogP contribution in [-0.4, -0.2) is 49.2 Å². The largest absolute Gasteiger partial charge is 0.480 e. The van der Waals surface area contributed by atoms with Crippen molar-refractivity contribution >= 4 is 10.0 Å². The van der Waals surface area contributed by atoms with E-state index in [4.69, 9.17) is 9.47 Å². The molecule has 1 aliphatic heterocycles. The molecule has 0 N–H and O–H groups in total. The van der Waals surface area contributed by atoms with E-state index in [1.807, 2.05) is 0 Å². The van der Waals surface area contributed by atoms with Crippen LogP contribution in [0.5, 0.6) is 11.8 Å². The topological polar surface area (TPSA) is 81.6 Å². The number of aromatic nitrogens is 2. The minimum Gasteiger partial charge on any atom is -0.480 e. The lowest BCUT2D eigenvalue weighted by molar-refractivity contribution is 0.203. The molecule has 2 heterocycles. The minimum absolute atomic E-state index is 0.228. The second-order valence-electron chi connectivity index (χ2n) is 5.69. The number of ether oxygens (including phenoxy) is 2. The van der Waals surface area contributed by atoms with E-state index in [1.165, 1.54) is 29.6 Å². The van der Waals surface area contributed by atoms with Crippen molar-refractivity contribution in [2.45, 2.75) is 18.3 Å². The number of hydrogen-bond donors (Lipinski definition) is 0. The van der Waals surface area contributed by atoms with Crippen molar-refractivity contribution in [1.29, 1.82) is 0 Å². The monoisotopic (exact) mass is 367 g/mol. The Hall–Kier alpha value is -2.26. The van der Waals surface area contributed by atoms with Gasteiger partial charge >= 0.3 is 0 Å². The molecule has 0 saturated carbocycles. The molecule has 1 aromatic heterocycles. The molecular weight excluding hydrogens is 349 g/mol. The van der Waals surface area contributed by atoms with Gasteiger partial charge < -0.3 is 9.47 Å². The highest BCUT2D eigenvalue weighted by atomic mass is 32.2. The number of rotatable bonds is 6. The van der Waals surface area contributed by atoms with Crippen LogP contribution in [0.4, 0.5) is 4.39 Å². The fourth-order valence-electron chi connectivity index (χ4n) is 2.63. The zero-order valence-electron chi connectivity index (χ0n) is 13.6. The van der Waals surface area contributed by atoms with Gasteiger partial charge in [-0.1, -0.05) is 12.1 Å². The van der Waals surface area contributed by atoms with Gasteiger partial charge in [0, 0.05) is 18.7 Å². The number of benzene rings is 1. The summed E-state index contributed by atoms with van der Waals surface area (Å²) >= 11 is 0. The van der Waals surface area contributed by atoms with Crippen molar-refractivity contribution in [3.8, 4) is 11.8 Å². The molecule has 0 radical (unpaired) electrons. The van der Waals surface area contributed by atoms with Crippen molar-refractivity contribution < 1.29 is 22.3 Å². The average Bonchev–Trinajstić information content (AvgIpc) is 3.05. The SMILES string of the molecule is COc1ccc(OC2CCN(S(=O)(=O)Cc3cccc(F)c3)C2)nn1. The molecule has 0 spiro atoms. The van der Waals surface area contributed by atoms with Gasteiger partial charge in [0.2, 0.25) is 21.8 Å². The van der Waals surface area contributed by atoms with E-state index in [9.17, 15) is 12.8 Å². The summed E-state index contributed by atoms with van der Waals surface area (Å²) in [6.45, 7) is 0.581. The van der Waals surface area contributed by atoms with Crippen LogP contribution in [0, 0.1) is 5.82 Å². The number of sulfonamides is 1. The molecule has 9 heteroatoms. The van der Waals surface area contributed by atoms with Crippen molar-refractivity contribution in [3.05, 3.63) is 47.8 Å². The first-order valence-corrected chi connectivity index (χ1v) is 9.34. The summed E-state index contributed by atoms with van der Waals surface area (Å²) in [5.41, 5.74) is 0.422. The summed E-state index contributed by atoms with van der Waals surface area (Å²) in [7, 11) is -2.05. The lowest BCUT2D eigenvalue weighted by Crippen LogP contribution is -2.32. The van der Waals surface area contributed by atoms with Crippen LogP contribution in [-0.2, 0) is 15.8 Å². The van der Waals surface area contributed by atoms with Gasteiger partial charge in [0.15, 0.2) is 0 Å². The zero-order chi connectivity index (χ0) is 17.9. The van der Waals surface area contributed by atoms with Crippen molar-refractivity contribution in [2.75, 3.05) is 20.2 Å². The molecule has 1 atom stereocenters. The first-order valence-electron chi connectivity index (χ1n) is 7.73. The van der Waals surface area contributed by atoms with Crippen molar-refractivity contribution in [3.63, 3.8) is 0 Å². The highest BCUT2D eigenvalue weighted by Crippen LogP contribution is 2.21. The van der Waals surface area contributed by atoms with Crippen LogP contribution in [0.3, 0.4) is 0 Å². The maximum absolute atomic E-state index is 13.2. The quantitative estimate of drug-likeness (QED) is 0.772. The highest BCUT2D eigenvalue weighted by molar-refractivity contribution is 7.88. The van der Waals surface area contributed by atoms with Crippen LogP contribution >= 0.6 is 0 Å². The molecule has 1 unspecified atom stereocenters.